The van der Waals surface area contributed by atoms with Gasteiger partial charge in [-0.05, 0) is 49.7 Å². The van der Waals surface area contributed by atoms with E-state index in [9.17, 15) is 4.79 Å². The standard InChI is InChI=1S/C21H20Cl2N4O2/c22-15-6-3-7-16(11-15)24-21(28)14-5-4-10-27(12-14)13-19-25-20(26-29-19)17-8-1-2-9-18(17)23/h1-3,6-9,11,14H,4-5,10,12-13H2,(H,24,28). The maximum absolute atomic E-state index is 12.7. The molecule has 0 radical (unpaired) electrons. The molecular weight excluding hydrogens is 411 g/mol. The summed E-state index contributed by atoms with van der Waals surface area (Å²) in [5.74, 6) is 0.877. The third-order valence-corrected chi connectivity index (χ3v) is 5.47. The molecule has 3 aromatic rings. The number of halogens is 2. The average molecular weight is 431 g/mol. The number of nitrogens with zero attached hydrogens (tertiary/aromatic N) is 3. The van der Waals surface area contributed by atoms with E-state index < -0.39 is 0 Å². The Morgan fingerprint density at radius 2 is 2.07 bits per heavy atom. The van der Waals surface area contributed by atoms with Crippen molar-refractivity contribution in [1.82, 2.24) is 15.0 Å². The number of hydrogen-bond donors (Lipinski definition) is 1. The molecule has 1 N–H and O–H groups in total. The summed E-state index contributed by atoms with van der Waals surface area (Å²) in [6.07, 6.45) is 1.77. The molecule has 0 spiro atoms. The first-order valence-electron chi connectivity index (χ1n) is 9.45. The zero-order valence-corrected chi connectivity index (χ0v) is 17.2. The summed E-state index contributed by atoms with van der Waals surface area (Å²) in [5, 5.41) is 8.17. The van der Waals surface area contributed by atoms with Crippen molar-refractivity contribution in [2.75, 3.05) is 18.4 Å². The minimum Gasteiger partial charge on any atom is -0.338 e. The van der Waals surface area contributed by atoms with Crippen molar-refractivity contribution in [2.24, 2.45) is 5.92 Å². The van der Waals surface area contributed by atoms with Crippen molar-refractivity contribution < 1.29 is 9.32 Å². The normalized spacial score (nSPS) is 17.2. The van der Waals surface area contributed by atoms with Gasteiger partial charge in [-0.3, -0.25) is 9.69 Å². The average Bonchev–Trinajstić information content (AvgIpc) is 3.17. The number of aromatic nitrogens is 2. The highest BCUT2D eigenvalue weighted by molar-refractivity contribution is 6.33. The second-order valence-corrected chi connectivity index (χ2v) is 7.91. The summed E-state index contributed by atoms with van der Waals surface area (Å²) >= 11 is 12.2. The van der Waals surface area contributed by atoms with Gasteiger partial charge in [-0.25, -0.2) is 0 Å². The van der Waals surface area contributed by atoms with Crippen molar-refractivity contribution >= 4 is 34.8 Å². The van der Waals surface area contributed by atoms with Crippen LogP contribution < -0.4 is 5.32 Å². The molecule has 1 aliphatic heterocycles. The Morgan fingerprint density at radius 1 is 1.21 bits per heavy atom. The number of benzene rings is 2. The van der Waals surface area contributed by atoms with Gasteiger partial charge >= 0.3 is 0 Å². The Hall–Kier alpha value is -2.41. The first-order chi connectivity index (χ1) is 14.1. The molecule has 1 aromatic heterocycles. The highest BCUT2D eigenvalue weighted by Gasteiger charge is 2.27. The van der Waals surface area contributed by atoms with Crippen LogP contribution in [0.2, 0.25) is 10.0 Å². The molecule has 1 aliphatic rings. The number of hydrogen-bond acceptors (Lipinski definition) is 5. The van der Waals surface area contributed by atoms with Gasteiger partial charge in [0.2, 0.25) is 17.6 Å². The van der Waals surface area contributed by atoms with Gasteiger partial charge < -0.3 is 9.84 Å². The first kappa shape index (κ1) is 19.9. The maximum Gasteiger partial charge on any atom is 0.241 e. The van der Waals surface area contributed by atoms with Crippen molar-refractivity contribution in [2.45, 2.75) is 19.4 Å². The van der Waals surface area contributed by atoms with Gasteiger partial charge in [-0.15, -0.1) is 0 Å². The molecule has 150 valence electrons. The van der Waals surface area contributed by atoms with Crippen molar-refractivity contribution in [3.63, 3.8) is 0 Å². The van der Waals surface area contributed by atoms with Crippen LogP contribution in [0.1, 0.15) is 18.7 Å². The summed E-state index contributed by atoms with van der Waals surface area (Å²) in [6, 6.07) is 14.6. The van der Waals surface area contributed by atoms with Crippen LogP contribution in [0.5, 0.6) is 0 Å². The molecule has 0 bridgehead atoms. The third-order valence-electron chi connectivity index (χ3n) is 4.91. The third kappa shape index (κ3) is 4.96. The second-order valence-electron chi connectivity index (χ2n) is 7.07. The van der Waals surface area contributed by atoms with Crippen LogP contribution in [-0.4, -0.2) is 34.0 Å². The van der Waals surface area contributed by atoms with Gasteiger partial charge in [0, 0.05) is 22.8 Å². The molecule has 1 amide bonds. The zero-order valence-electron chi connectivity index (χ0n) is 15.6. The van der Waals surface area contributed by atoms with Crippen molar-refractivity contribution in [1.29, 1.82) is 0 Å². The largest absolute Gasteiger partial charge is 0.338 e. The number of carbonyl (C=O) groups is 1. The van der Waals surface area contributed by atoms with Gasteiger partial charge in [0.05, 0.1) is 17.5 Å². The molecule has 4 rings (SSSR count). The predicted octanol–water partition coefficient (Wildman–Crippen LogP) is 4.89. The van der Waals surface area contributed by atoms with E-state index in [4.69, 9.17) is 27.7 Å². The number of amides is 1. The molecule has 8 heteroatoms. The Labute approximate surface area is 178 Å². The zero-order chi connectivity index (χ0) is 20.2. The maximum atomic E-state index is 12.7. The Bertz CT molecular complexity index is 1010. The minimum absolute atomic E-state index is 0.000692. The molecule has 1 atom stereocenters. The summed E-state index contributed by atoms with van der Waals surface area (Å²) in [7, 11) is 0. The molecule has 1 saturated heterocycles. The number of likely N-dealkylation sites (tertiary alicyclic amines) is 1. The van der Waals surface area contributed by atoms with Crippen molar-refractivity contribution in [3.8, 4) is 11.4 Å². The summed E-state index contributed by atoms with van der Waals surface area (Å²) in [4.78, 5) is 19.3. The van der Waals surface area contributed by atoms with Crippen LogP contribution >= 0.6 is 23.2 Å². The quantitative estimate of drug-likeness (QED) is 0.623. The molecule has 29 heavy (non-hydrogen) atoms. The molecule has 6 nitrogen and oxygen atoms in total. The molecule has 2 aromatic carbocycles. The number of anilines is 1. The SMILES string of the molecule is O=C(Nc1cccc(Cl)c1)C1CCCN(Cc2nc(-c3ccccc3Cl)no2)C1. The van der Waals surface area contributed by atoms with E-state index in [-0.39, 0.29) is 11.8 Å². The van der Waals surface area contributed by atoms with E-state index in [1.54, 1.807) is 18.2 Å². The van der Waals surface area contributed by atoms with Crippen LogP contribution in [0.15, 0.2) is 53.1 Å². The molecule has 1 unspecified atom stereocenters. The highest BCUT2D eigenvalue weighted by Crippen LogP contribution is 2.26. The smallest absolute Gasteiger partial charge is 0.241 e. The van der Waals surface area contributed by atoms with E-state index in [0.29, 0.717) is 40.5 Å². The van der Waals surface area contributed by atoms with Gasteiger partial charge in [-0.1, -0.05) is 46.6 Å². The van der Waals surface area contributed by atoms with E-state index >= 15 is 0 Å². The van der Waals surface area contributed by atoms with Crippen LogP contribution in [-0.2, 0) is 11.3 Å². The first-order valence-corrected chi connectivity index (χ1v) is 10.2. The lowest BCUT2D eigenvalue weighted by Crippen LogP contribution is -2.40. The Kier molecular flexibility index (Phi) is 6.13. The van der Waals surface area contributed by atoms with E-state index in [1.807, 2.05) is 30.3 Å². The van der Waals surface area contributed by atoms with E-state index in [0.717, 1.165) is 24.9 Å². The van der Waals surface area contributed by atoms with E-state index in [1.165, 1.54) is 0 Å². The predicted molar refractivity (Wildman–Crippen MR) is 113 cm³/mol. The monoisotopic (exact) mass is 430 g/mol. The van der Waals surface area contributed by atoms with E-state index in [2.05, 4.69) is 20.4 Å². The minimum atomic E-state index is -0.103. The van der Waals surface area contributed by atoms with Crippen LogP contribution in [0.3, 0.4) is 0 Å². The fraction of sp³-hybridized carbons (Fsp3) is 0.286. The number of rotatable bonds is 5. The summed E-state index contributed by atoms with van der Waals surface area (Å²) < 4.78 is 5.40. The van der Waals surface area contributed by atoms with Gasteiger partial charge in [0.25, 0.3) is 0 Å². The number of nitrogens with one attached hydrogen (secondary N) is 1. The fourth-order valence-corrected chi connectivity index (χ4v) is 3.90. The molecule has 0 aliphatic carbocycles. The second kappa shape index (κ2) is 8.95. The van der Waals surface area contributed by atoms with Crippen LogP contribution in [0, 0.1) is 5.92 Å². The summed E-state index contributed by atoms with van der Waals surface area (Å²) in [5.41, 5.74) is 1.45. The lowest BCUT2D eigenvalue weighted by Gasteiger charge is -2.30. The lowest BCUT2D eigenvalue weighted by molar-refractivity contribution is -0.121. The topological polar surface area (TPSA) is 71.3 Å². The lowest BCUT2D eigenvalue weighted by atomic mass is 9.97. The van der Waals surface area contributed by atoms with Gasteiger partial charge in [0.1, 0.15) is 0 Å². The van der Waals surface area contributed by atoms with Gasteiger partial charge in [-0.2, -0.15) is 4.98 Å². The molecular formula is C21H20Cl2N4O2. The number of carbonyl (C=O) groups excluding carboxylic acids is 1. The van der Waals surface area contributed by atoms with Gasteiger partial charge in [0.15, 0.2) is 0 Å². The molecule has 2 heterocycles. The molecule has 1 fully saturated rings. The fourth-order valence-electron chi connectivity index (χ4n) is 3.49. The Balaban J connectivity index is 1.38. The summed E-state index contributed by atoms with van der Waals surface area (Å²) in [6.45, 7) is 2.01. The van der Waals surface area contributed by atoms with Crippen LogP contribution in [0.25, 0.3) is 11.4 Å². The Morgan fingerprint density at radius 3 is 2.90 bits per heavy atom. The highest BCUT2D eigenvalue weighted by atomic mass is 35.5. The van der Waals surface area contributed by atoms with Crippen LogP contribution in [0.4, 0.5) is 5.69 Å². The van der Waals surface area contributed by atoms with Crippen molar-refractivity contribution in [3.05, 3.63) is 64.5 Å². The molecule has 0 saturated carbocycles. The number of piperidine rings is 1.